The molecule has 0 aliphatic heterocycles. The third-order valence-corrected chi connectivity index (χ3v) is 3.99. The topological polar surface area (TPSA) is 64.3 Å². The maximum Gasteiger partial charge on any atom is 0.204 e. The molecule has 0 spiro atoms. The van der Waals surface area contributed by atoms with Crippen molar-refractivity contribution in [3.63, 3.8) is 0 Å². The van der Waals surface area contributed by atoms with Gasteiger partial charge in [0.1, 0.15) is 6.33 Å². The van der Waals surface area contributed by atoms with Gasteiger partial charge in [0.25, 0.3) is 0 Å². The lowest BCUT2D eigenvalue weighted by Crippen LogP contribution is -2.31. The third kappa shape index (κ3) is 2.96. The lowest BCUT2D eigenvalue weighted by molar-refractivity contribution is 0.412. The van der Waals surface area contributed by atoms with E-state index in [2.05, 4.69) is 39.3 Å². The van der Waals surface area contributed by atoms with Gasteiger partial charge in [-0.15, -0.1) is 11.3 Å². The molecule has 0 bridgehead atoms. The molecule has 0 saturated heterocycles. The summed E-state index contributed by atoms with van der Waals surface area (Å²) in [6, 6.07) is 4.50. The van der Waals surface area contributed by atoms with Crippen molar-refractivity contribution in [3.05, 3.63) is 28.7 Å². The van der Waals surface area contributed by atoms with Gasteiger partial charge in [-0.25, -0.2) is 9.97 Å². The Labute approximate surface area is 117 Å². The molecule has 2 aromatic rings. The lowest BCUT2D eigenvalue weighted by atomic mass is 10.2. The number of aromatic nitrogens is 2. The molecule has 0 amide bonds. The summed E-state index contributed by atoms with van der Waals surface area (Å²) in [5.41, 5.74) is 5.81. The SMILES string of the molecule is COc1c(N)ncnc1N(C)C(C)Cc1cccs1. The predicted molar refractivity (Wildman–Crippen MR) is 78.9 cm³/mol. The minimum atomic E-state index is 0.293. The van der Waals surface area contributed by atoms with Gasteiger partial charge >= 0.3 is 0 Å². The normalized spacial score (nSPS) is 12.2. The van der Waals surface area contributed by atoms with Crippen molar-refractivity contribution in [1.29, 1.82) is 0 Å². The van der Waals surface area contributed by atoms with E-state index in [4.69, 9.17) is 10.5 Å². The van der Waals surface area contributed by atoms with Crippen LogP contribution in [0, 0.1) is 0 Å². The molecule has 1 unspecified atom stereocenters. The van der Waals surface area contributed by atoms with E-state index in [9.17, 15) is 0 Å². The molecule has 0 aromatic carbocycles. The van der Waals surface area contributed by atoms with E-state index in [1.54, 1.807) is 18.4 Å². The van der Waals surface area contributed by atoms with E-state index >= 15 is 0 Å². The molecule has 6 heteroatoms. The van der Waals surface area contributed by atoms with Crippen LogP contribution in [0.1, 0.15) is 11.8 Å². The first kappa shape index (κ1) is 13.6. The third-order valence-electron chi connectivity index (χ3n) is 3.09. The first-order chi connectivity index (χ1) is 9.13. The monoisotopic (exact) mass is 278 g/mol. The van der Waals surface area contributed by atoms with Gasteiger partial charge < -0.3 is 15.4 Å². The molecule has 0 saturated carbocycles. The van der Waals surface area contributed by atoms with Crippen LogP contribution in [-0.4, -0.2) is 30.2 Å². The first-order valence-electron chi connectivity index (χ1n) is 6.03. The van der Waals surface area contributed by atoms with Gasteiger partial charge in [0, 0.05) is 24.4 Å². The number of nitrogens with two attached hydrogens (primary N) is 1. The Morgan fingerprint density at radius 3 is 2.89 bits per heavy atom. The number of ether oxygens (including phenoxy) is 1. The first-order valence-corrected chi connectivity index (χ1v) is 6.91. The van der Waals surface area contributed by atoms with E-state index < -0.39 is 0 Å². The van der Waals surface area contributed by atoms with Crippen LogP contribution in [0.3, 0.4) is 0 Å². The van der Waals surface area contributed by atoms with E-state index in [0.29, 0.717) is 17.6 Å². The van der Waals surface area contributed by atoms with Crippen molar-refractivity contribution < 1.29 is 4.74 Å². The maximum absolute atomic E-state index is 5.81. The zero-order valence-electron chi connectivity index (χ0n) is 11.3. The van der Waals surface area contributed by atoms with Crippen LogP contribution in [0.15, 0.2) is 23.8 Å². The van der Waals surface area contributed by atoms with Crippen molar-refractivity contribution in [2.24, 2.45) is 0 Å². The van der Waals surface area contributed by atoms with Crippen molar-refractivity contribution in [1.82, 2.24) is 9.97 Å². The van der Waals surface area contributed by atoms with Gasteiger partial charge in [0.15, 0.2) is 11.6 Å². The average Bonchev–Trinajstić information content (AvgIpc) is 2.90. The van der Waals surface area contributed by atoms with Crippen LogP contribution >= 0.6 is 11.3 Å². The van der Waals surface area contributed by atoms with Crippen LogP contribution in [0.5, 0.6) is 5.75 Å². The highest BCUT2D eigenvalue weighted by atomic mass is 32.1. The van der Waals surface area contributed by atoms with Gasteiger partial charge in [0.05, 0.1) is 7.11 Å². The lowest BCUT2D eigenvalue weighted by Gasteiger charge is -2.27. The second-order valence-corrected chi connectivity index (χ2v) is 5.39. The molecule has 0 aliphatic carbocycles. The zero-order chi connectivity index (χ0) is 13.8. The van der Waals surface area contributed by atoms with Crippen LogP contribution in [-0.2, 0) is 6.42 Å². The second kappa shape index (κ2) is 5.88. The Bertz CT molecular complexity index is 529. The molecule has 1 atom stereocenters. The van der Waals surface area contributed by atoms with Gasteiger partial charge in [-0.2, -0.15) is 0 Å². The molecular formula is C13H18N4OS. The highest BCUT2D eigenvalue weighted by Crippen LogP contribution is 2.30. The van der Waals surface area contributed by atoms with Gasteiger partial charge in [0.2, 0.25) is 5.75 Å². The quantitative estimate of drug-likeness (QED) is 0.908. The zero-order valence-corrected chi connectivity index (χ0v) is 12.1. The standard InChI is InChI=1S/C13H18N4OS/c1-9(7-10-5-4-6-19-10)17(2)13-11(18-3)12(14)15-8-16-13/h4-6,8-9H,7H2,1-3H3,(H2,14,15,16). The summed E-state index contributed by atoms with van der Waals surface area (Å²) < 4.78 is 5.29. The highest BCUT2D eigenvalue weighted by Gasteiger charge is 2.18. The number of hydrogen-bond donors (Lipinski definition) is 1. The Morgan fingerprint density at radius 1 is 1.47 bits per heavy atom. The molecule has 2 N–H and O–H groups in total. The summed E-state index contributed by atoms with van der Waals surface area (Å²) in [6.45, 7) is 2.15. The Kier molecular flexibility index (Phi) is 4.21. The Morgan fingerprint density at radius 2 is 2.26 bits per heavy atom. The number of likely N-dealkylation sites (N-methyl/N-ethyl adjacent to an activating group) is 1. The summed E-state index contributed by atoms with van der Waals surface area (Å²) in [4.78, 5) is 11.6. The highest BCUT2D eigenvalue weighted by molar-refractivity contribution is 7.09. The fourth-order valence-corrected chi connectivity index (χ4v) is 2.72. The number of nitrogens with zero attached hydrogens (tertiary/aromatic N) is 3. The van der Waals surface area contributed by atoms with E-state index in [1.807, 2.05) is 7.05 Å². The minimum absolute atomic E-state index is 0.293. The number of methoxy groups -OCH3 is 1. The molecule has 2 aromatic heterocycles. The second-order valence-electron chi connectivity index (χ2n) is 4.36. The predicted octanol–water partition coefficient (Wildman–Crippen LogP) is 2.20. The number of rotatable bonds is 5. The van der Waals surface area contributed by atoms with Crippen molar-refractivity contribution in [2.45, 2.75) is 19.4 Å². The van der Waals surface area contributed by atoms with Gasteiger partial charge in [-0.05, 0) is 18.4 Å². The van der Waals surface area contributed by atoms with Crippen molar-refractivity contribution in [2.75, 3.05) is 24.8 Å². The largest absolute Gasteiger partial charge is 0.490 e. The summed E-state index contributed by atoms with van der Waals surface area (Å²) in [5.74, 6) is 1.62. The fourth-order valence-electron chi connectivity index (χ4n) is 1.89. The number of nitrogen functional groups attached to an aromatic ring is 1. The minimum Gasteiger partial charge on any atom is -0.490 e. The van der Waals surface area contributed by atoms with Crippen LogP contribution < -0.4 is 15.4 Å². The molecule has 0 fully saturated rings. The molecule has 102 valence electrons. The summed E-state index contributed by atoms with van der Waals surface area (Å²) in [6.07, 6.45) is 2.42. The Balaban J connectivity index is 2.19. The van der Waals surface area contributed by atoms with E-state index in [-0.39, 0.29) is 0 Å². The smallest absolute Gasteiger partial charge is 0.204 e. The molecule has 19 heavy (non-hydrogen) atoms. The average molecular weight is 278 g/mol. The summed E-state index contributed by atoms with van der Waals surface area (Å²) in [5, 5.41) is 2.09. The van der Waals surface area contributed by atoms with Gasteiger partial charge in [-0.3, -0.25) is 0 Å². The molecule has 0 aliphatic rings. The van der Waals surface area contributed by atoms with Gasteiger partial charge in [-0.1, -0.05) is 6.07 Å². The number of thiophene rings is 1. The fraction of sp³-hybridized carbons (Fsp3) is 0.385. The van der Waals surface area contributed by atoms with Crippen molar-refractivity contribution >= 4 is 23.0 Å². The molecule has 5 nitrogen and oxygen atoms in total. The molecule has 2 rings (SSSR count). The van der Waals surface area contributed by atoms with E-state index in [1.165, 1.54) is 11.2 Å². The van der Waals surface area contributed by atoms with Crippen LogP contribution in [0.4, 0.5) is 11.6 Å². The summed E-state index contributed by atoms with van der Waals surface area (Å²) in [7, 11) is 3.57. The van der Waals surface area contributed by atoms with Crippen LogP contribution in [0.2, 0.25) is 0 Å². The number of hydrogen-bond acceptors (Lipinski definition) is 6. The van der Waals surface area contributed by atoms with E-state index in [0.717, 1.165) is 12.2 Å². The molecule has 0 radical (unpaired) electrons. The van der Waals surface area contributed by atoms with Crippen molar-refractivity contribution in [3.8, 4) is 5.75 Å². The summed E-state index contributed by atoms with van der Waals surface area (Å²) >= 11 is 1.76. The number of anilines is 2. The molecular weight excluding hydrogens is 260 g/mol. The maximum atomic E-state index is 5.81. The Hall–Kier alpha value is -1.82. The van der Waals surface area contributed by atoms with Crippen LogP contribution in [0.25, 0.3) is 0 Å². The molecule has 2 heterocycles.